The Morgan fingerprint density at radius 3 is 0.429 bits per heavy atom. The molecule has 0 heterocycles. The van der Waals surface area contributed by atoms with Gasteiger partial charge in [0.05, 0.1) is 71.6 Å². The predicted octanol–water partition coefficient (Wildman–Crippen LogP) is -12.9. The Bertz CT molecular complexity index is 2150. The third kappa shape index (κ3) is 17.5. The summed E-state index contributed by atoms with van der Waals surface area (Å²) in [6, 6.07) is 9.48. The second-order valence-electron chi connectivity index (χ2n) is 10.5. The van der Waals surface area contributed by atoms with Crippen molar-refractivity contribution in [3.05, 3.63) is 140 Å². The van der Waals surface area contributed by atoms with Crippen molar-refractivity contribution in [2.24, 2.45) is 0 Å². The van der Waals surface area contributed by atoms with Crippen LogP contribution in [0.3, 0.4) is 0 Å². The van der Waals surface area contributed by atoms with Crippen molar-refractivity contribution in [2.45, 2.75) is 0 Å². The maximum atomic E-state index is 10.5. The van der Waals surface area contributed by atoms with Gasteiger partial charge in [-0.3, -0.25) is 0 Å². The van der Waals surface area contributed by atoms with Crippen LogP contribution >= 0.6 is 0 Å². The van der Waals surface area contributed by atoms with Crippen molar-refractivity contribution in [1.82, 2.24) is 0 Å². The van der Waals surface area contributed by atoms with Gasteiger partial charge in [0.1, 0.15) is 0 Å². The molecule has 0 saturated heterocycles. The zero-order valence-electron chi connectivity index (χ0n) is 29.8. The van der Waals surface area contributed by atoms with E-state index in [1.54, 1.807) is 0 Å². The molecule has 4 aromatic carbocycles. The van der Waals surface area contributed by atoms with Gasteiger partial charge < -0.3 is 119 Å². The van der Waals surface area contributed by atoms with Crippen LogP contribution in [0.15, 0.2) is 72.8 Å². The van der Waals surface area contributed by atoms with Crippen molar-refractivity contribution < 1.29 is 177 Å². The van der Waals surface area contributed by atoms with Crippen molar-refractivity contribution in [3.63, 3.8) is 0 Å². The van der Waals surface area contributed by atoms with Crippen LogP contribution in [0.1, 0.15) is 124 Å². The number of carbonyl (C=O) groups is 12. The zero-order valence-corrected chi connectivity index (χ0v) is 35.0. The normalized spacial score (nSPS) is 9.14. The molecule has 4 rings (SSSR count). The zero-order chi connectivity index (χ0) is 46.3. The van der Waals surface area contributed by atoms with Gasteiger partial charge in [0, 0.05) is 44.5 Å². The third-order valence-electron chi connectivity index (χ3n) is 6.78. The topological polar surface area (TPSA) is 482 Å². The molecule has 4 aromatic rings. The first kappa shape index (κ1) is 59.7. The van der Waals surface area contributed by atoms with Gasteiger partial charge in [-0.05, 0) is 46.5 Å². The fourth-order valence-corrected chi connectivity index (χ4v) is 4.07. The molecule has 0 aliphatic carbocycles. The quantitative estimate of drug-likeness (QED) is 0.119. The average molecular weight is 1130 g/mol. The van der Waals surface area contributed by atoms with Crippen molar-refractivity contribution in [2.75, 3.05) is 0 Å². The standard InChI is InChI=1S/4C9H6O6.3Ru/c4*10-7(11)4-1-2-5(8(12)13)6(3-4)9(14)15;;;/h4*1-3H,(H,10,11)(H,12,13)(H,14,15);;;/q;;;;3*+4/p-12. The molecule has 0 unspecified atom stereocenters. The van der Waals surface area contributed by atoms with E-state index in [1.165, 1.54) is 0 Å². The maximum Gasteiger partial charge on any atom is 4.00 e. The molecule has 0 aliphatic heterocycles. The monoisotopic (exact) mass is 1130 g/mol. The molecule has 0 saturated carbocycles. The molecule has 0 spiro atoms. The number of carbonyl (C=O) groups excluding carboxylic acids is 12. The van der Waals surface area contributed by atoms with E-state index in [-0.39, 0.29) is 58.4 Å². The Hall–Kier alpha value is -7.61. The maximum absolute atomic E-state index is 10.5. The summed E-state index contributed by atoms with van der Waals surface area (Å²) in [6.07, 6.45) is 0. The van der Waals surface area contributed by atoms with E-state index >= 15 is 0 Å². The number of benzene rings is 4. The van der Waals surface area contributed by atoms with Crippen LogP contribution in [0.5, 0.6) is 0 Å². The first-order valence-electron chi connectivity index (χ1n) is 14.9. The number of hydrogen-bond donors (Lipinski definition) is 0. The Morgan fingerprint density at radius 2 is 0.333 bits per heavy atom. The summed E-state index contributed by atoms with van der Waals surface area (Å²) < 4.78 is 0. The summed E-state index contributed by atoms with van der Waals surface area (Å²) >= 11 is 0. The van der Waals surface area contributed by atoms with Crippen molar-refractivity contribution in [1.29, 1.82) is 0 Å². The minimum Gasteiger partial charge on any atom is -0.545 e. The van der Waals surface area contributed by atoms with Crippen LogP contribution in [0.2, 0.25) is 0 Å². The SMILES string of the molecule is O=C([O-])c1ccc(C(=O)[O-])c(C(=O)[O-])c1.O=C([O-])c1ccc(C(=O)[O-])c(C(=O)[O-])c1.O=C([O-])c1ccc(C(=O)[O-])c(C(=O)[O-])c1.O=C([O-])c1ccc(C(=O)[O-])c(C(=O)[O-])c1.[Ru+4].[Ru+4].[Ru+4]. The Kier molecular flexibility index (Phi) is 25.2. The Labute approximate surface area is 386 Å². The first-order valence-corrected chi connectivity index (χ1v) is 14.9. The van der Waals surface area contributed by atoms with Gasteiger partial charge in [0.15, 0.2) is 0 Å². The molecule has 0 aromatic heterocycles. The van der Waals surface area contributed by atoms with E-state index in [1.807, 2.05) is 0 Å². The van der Waals surface area contributed by atoms with Gasteiger partial charge in [-0.1, -0.05) is 48.5 Å². The number of rotatable bonds is 12. The smallest absolute Gasteiger partial charge is 0.545 e. The fourth-order valence-electron chi connectivity index (χ4n) is 4.07. The van der Waals surface area contributed by atoms with Crippen molar-refractivity contribution >= 4 is 71.6 Å². The number of carboxylic acids is 12. The summed E-state index contributed by atoms with van der Waals surface area (Å²) in [5, 5.41) is 125. The third-order valence-corrected chi connectivity index (χ3v) is 6.78. The van der Waals surface area contributed by atoms with Crippen molar-refractivity contribution in [3.8, 4) is 0 Å². The molecule has 0 atom stereocenters. The van der Waals surface area contributed by atoms with Crippen LogP contribution in [-0.4, -0.2) is 71.6 Å². The van der Waals surface area contributed by atoms with Gasteiger partial charge in [-0.25, -0.2) is 0 Å². The van der Waals surface area contributed by atoms with Gasteiger partial charge in [0.2, 0.25) is 0 Å². The summed E-state index contributed by atoms with van der Waals surface area (Å²) in [5.41, 5.74) is -7.35. The number of carboxylic acid groups (broad SMARTS) is 12. The molecule has 0 bridgehead atoms. The Balaban J connectivity index is -0.000000750. The molecule has 0 aliphatic rings. The van der Waals surface area contributed by atoms with E-state index in [9.17, 15) is 119 Å². The van der Waals surface area contributed by atoms with E-state index in [0.29, 0.717) is 24.3 Å². The van der Waals surface area contributed by atoms with E-state index in [2.05, 4.69) is 0 Å². The first-order chi connectivity index (χ1) is 27.7. The molecule has 27 heteroatoms. The number of aromatic carboxylic acids is 12. The largest absolute Gasteiger partial charge is 4.00 e. The molecule has 0 fully saturated rings. The van der Waals surface area contributed by atoms with E-state index in [4.69, 9.17) is 0 Å². The van der Waals surface area contributed by atoms with Gasteiger partial charge >= 0.3 is 58.4 Å². The summed E-state index contributed by atoms with van der Waals surface area (Å²) in [7, 11) is 0. The average Bonchev–Trinajstić information content (AvgIpc) is 3.17. The minimum atomic E-state index is -1.79. The summed E-state index contributed by atoms with van der Waals surface area (Å²) in [5.74, 6) is -20.5. The Morgan fingerprint density at radius 1 is 0.206 bits per heavy atom. The van der Waals surface area contributed by atoms with E-state index in [0.717, 1.165) is 48.5 Å². The van der Waals surface area contributed by atoms with Crippen LogP contribution < -0.4 is 61.3 Å². The fraction of sp³-hybridized carbons (Fsp3) is 0. The molecule has 0 radical (unpaired) electrons. The predicted molar refractivity (Wildman–Crippen MR) is 158 cm³/mol. The summed E-state index contributed by atoms with van der Waals surface area (Å²) in [6.45, 7) is 0. The van der Waals surface area contributed by atoms with Crippen LogP contribution in [0.25, 0.3) is 0 Å². The number of hydrogen-bond acceptors (Lipinski definition) is 24. The molecular weight excluding hydrogens is 1120 g/mol. The molecule has 24 nitrogen and oxygen atoms in total. The molecule has 0 amide bonds. The summed E-state index contributed by atoms with van der Waals surface area (Å²) in [4.78, 5) is 125. The van der Waals surface area contributed by atoms with Gasteiger partial charge in [-0.2, -0.15) is 0 Å². The van der Waals surface area contributed by atoms with Gasteiger partial charge in [-0.15, -0.1) is 0 Å². The molecule has 63 heavy (non-hydrogen) atoms. The molecule has 0 N–H and O–H groups in total. The van der Waals surface area contributed by atoms with Crippen LogP contribution in [-0.2, 0) is 58.4 Å². The second-order valence-corrected chi connectivity index (χ2v) is 10.5. The second kappa shape index (κ2) is 26.6. The minimum absolute atomic E-state index is 0. The molecule has 324 valence electrons. The van der Waals surface area contributed by atoms with E-state index < -0.39 is 138 Å². The molecular formula is C36H12O24Ru3. The van der Waals surface area contributed by atoms with Crippen LogP contribution in [0, 0.1) is 0 Å². The van der Waals surface area contributed by atoms with Gasteiger partial charge in [0.25, 0.3) is 0 Å². The van der Waals surface area contributed by atoms with Crippen LogP contribution in [0.4, 0.5) is 0 Å².